The summed E-state index contributed by atoms with van der Waals surface area (Å²) >= 11 is 0. The molecule has 124 valence electrons. The summed E-state index contributed by atoms with van der Waals surface area (Å²) in [6, 6.07) is 11.2. The number of nitrogens with one attached hydrogen (secondary N) is 2. The lowest BCUT2D eigenvalue weighted by Gasteiger charge is -2.24. The second kappa shape index (κ2) is 7.13. The fraction of sp³-hybridized carbons (Fsp3) is 0.556. The molecule has 3 rings (SSSR count). The summed E-state index contributed by atoms with van der Waals surface area (Å²) in [7, 11) is 0. The molecule has 2 aliphatic rings. The molecule has 0 aromatic heterocycles. The highest BCUT2D eigenvalue weighted by Crippen LogP contribution is 2.44. The Hall–Kier alpha value is -1.88. The van der Waals surface area contributed by atoms with Crippen LogP contribution in [0.3, 0.4) is 0 Å². The standard InChI is InChI=1S/C18H25N3O2/c1-13(22)19-9-10-20-18(23)15-12-17(14-6-3-2-4-7-14)21-11-5-8-16(15)21/h2-4,6-7,15-17H,5,8-12H2,1H3,(H,19,22)(H,20,23)/t15-,16+,17-/m0/s1. The van der Waals surface area contributed by atoms with Gasteiger partial charge in [0.15, 0.2) is 0 Å². The van der Waals surface area contributed by atoms with Crippen LogP contribution in [0.2, 0.25) is 0 Å². The van der Waals surface area contributed by atoms with Crippen LogP contribution in [0.1, 0.15) is 37.8 Å². The minimum Gasteiger partial charge on any atom is -0.355 e. The molecule has 2 fully saturated rings. The fourth-order valence-electron chi connectivity index (χ4n) is 4.01. The highest BCUT2D eigenvalue weighted by Gasteiger charge is 2.46. The molecule has 0 spiro atoms. The van der Waals surface area contributed by atoms with Crippen molar-refractivity contribution in [2.75, 3.05) is 19.6 Å². The van der Waals surface area contributed by atoms with Gasteiger partial charge in [-0.3, -0.25) is 14.5 Å². The van der Waals surface area contributed by atoms with Crippen molar-refractivity contribution in [2.45, 2.75) is 38.3 Å². The molecule has 0 unspecified atom stereocenters. The van der Waals surface area contributed by atoms with Crippen LogP contribution in [-0.4, -0.2) is 42.4 Å². The topological polar surface area (TPSA) is 61.4 Å². The second-order valence-corrected chi connectivity index (χ2v) is 6.49. The highest BCUT2D eigenvalue weighted by molar-refractivity contribution is 5.80. The Bertz CT molecular complexity index is 561. The Morgan fingerprint density at radius 2 is 1.91 bits per heavy atom. The molecular weight excluding hydrogens is 290 g/mol. The molecule has 23 heavy (non-hydrogen) atoms. The normalized spacial score (nSPS) is 26.7. The number of carbonyl (C=O) groups is 2. The number of rotatable bonds is 5. The molecule has 1 aromatic rings. The molecule has 5 heteroatoms. The largest absolute Gasteiger partial charge is 0.355 e. The van der Waals surface area contributed by atoms with Crippen molar-refractivity contribution in [1.29, 1.82) is 0 Å². The van der Waals surface area contributed by atoms with E-state index in [4.69, 9.17) is 0 Å². The molecule has 0 aliphatic carbocycles. The molecule has 2 heterocycles. The van der Waals surface area contributed by atoms with Crippen molar-refractivity contribution in [1.82, 2.24) is 15.5 Å². The number of nitrogens with zero attached hydrogens (tertiary/aromatic N) is 1. The first kappa shape index (κ1) is 16.0. The van der Waals surface area contributed by atoms with Crippen molar-refractivity contribution in [3.63, 3.8) is 0 Å². The summed E-state index contributed by atoms with van der Waals surface area (Å²) in [5.41, 5.74) is 1.31. The number of fused-ring (bicyclic) bond motifs is 1. The first-order valence-corrected chi connectivity index (χ1v) is 8.49. The zero-order chi connectivity index (χ0) is 16.2. The molecule has 1 aromatic carbocycles. The third-order valence-electron chi connectivity index (χ3n) is 5.00. The highest BCUT2D eigenvalue weighted by atomic mass is 16.2. The maximum atomic E-state index is 12.6. The SMILES string of the molecule is CC(=O)NCCNC(=O)[C@H]1C[C@@H](c2ccccc2)N2CCC[C@H]12. The van der Waals surface area contributed by atoms with E-state index < -0.39 is 0 Å². The average molecular weight is 315 g/mol. The van der Waals surface area contributed by atoms with Gasteiger partial charge in [-0.15, -0.1) is 0 Å². The molecule has 2 N–H and O–H groups in total. The average Bonchev–Trinajstić information content (AvgIpc) is 3.14. The molecular formula is C18H25N3O2. The van der Waals surface area contributed by atoms with Gasteiger partial charge in [-0.05, 0) is 31.4 Å². The molecule has 0 saturated carbocycles. The summed E-state index contributed by atoms with van der Waals surface area (Å²) in [5, 5.41) is 5.69. The molecule has 2 amide bonds. The predicted octanol–water partition coefficient (Wildman–Crippen LogP) is 1.46. The lowest BCUT2D eigenvalue weighted by Crippen LogP contribution is -2.40. The number of hydrogen-bond donors (Lipinski definition) is 2. The van der Waals surface area contributed by atoms with E-state index in [0.717, 1.165) is 19.4 Å². The Balaban J connectivity index is 1.62. The van der Waals surface area contributed by atoms with Crippen molar-refractivity contribution in [3.8, 4) is 0 Å². The van der Waals surface area contributed by atoms with Crippen LogP contribution in [0.25, 0.3) is 0 Å². The van der Waals surface area contributed by atoms with E-state index in [2.05, 4.69) is 39.8 Å². The first-order valence-electron chi connectivity index (χ1n) is 8.49. The third-order valence-corrected chi connectivity index (χ3v) is 5.00. The Morgan fingerprint density at radius 3 is 2.65 bits per heavy atom. The monoisotopic (exact) mass is 315 g/mol. The van der Waals surface area contributed by atoms with Gasteiger partial charge in [-0.1, -0.05) is 30.3 Å². The van der Waals surface area contributed by atoms with E-state index in [0.29, 0.717) is 25.2 Å². The summed E-state index contributed by atoms with van der Waals surface area (Å²) < 4.78 is 0. The van der Waals surface area contributed by atoms with E-state index in [1.807, 2.05) is 6.07 Å². The second-order valence-electron chi connectivity index (χ2n) is 6.49. The quantitative estimate of drug-likeness (QED) is 0.809. The van der Waals surface area contributed by atoms with Crippen LogP contribution in [0.5, 0.6) is 0 Å². The van der Waals surface area contributed by atoms with Gasteiger partial charge in [0, 0.05) is 32.1 Å². The summed E-state index contributed by atoms with van der Waals surface area (Å²) in [6.07, 6.45) is 3.16. The molecule has 0 radical (unpaired) electrons. The van der Waals surface area contributed by atoms with E-state index in [1.54, 1.807) is 0 Å². The van der Waals surface area contributed by atoms with Gasteiger partial charge in [0.25, 0.3) is 0 Å². The third kappa shape index (κ3) is 3.55. The zero-order valence-corrected chi connectivity index (χ0v) is 13.6. The number of benzene rings is 1. The Morgan fingerprint density at radius 1 is 1.17 bits per heavy atom. The van der Waals surface area contributed by atoms with E-state index in [9.17, 15) is 9.59 Å². The summed E-state index contributed by atoms with van der Waals surface area (Å²) in [6.45, 7) is 3.56. The first-order chi connectivity index (χ1) is 11.2. The van der Waals surface area contributed by atoms with Gasteiger partial charge < -0.3 is 10.6 Å². The van der Waals surface area contributed by atoms with E-state index >= 15 is 0 Å². The van der Waals surface area contributed by atoms with Gasteiger partial charge in [0.05, 0.1) is 5.92 Å². The molecule has 2 saturated heterocycles. The number of amides is 2. The molecule has 3 atom stereocenters. The predicted molar refractivity (Wildman–Crippen MR) is 88.7 cm³/mol. The van der Waals surface area contributed by atoms with E-state index in [1.165, 1.54) is 18.9 Å². The van der Waals surface area contributed by atoms with Gasteiger partial charge in [-0.25, -0.2) is 0 Å². The molecule has 0 bridgehead atoms. The van der Waals surface area contributed by atoms with Crippen molar-refractivity contribution in [3.05, 3.63) is 35.9 Å². The van der Waals surface area contributed by atoms with E-state index in [-0.39, 0.29) is 17.7 Å². The maximum Gasteiger partial charge on any atom is 0.224 e. The molecule has 2 aliphatic heterocycles. The Kier molecular flexibility index (Phi) is 4.96. The van der Waals surface area contributed by atoms with Crippen LogP contribution < -0.4 is 10.6 Å². The minimum absolute atomic E-state index is 0.0556. The lowest BCUT2D eigenvalue weighted by molar-refractivity contribution is -0.126. The van der Waals surface area contributed by atoms with Crippen LogP contribution in [-0.2, 0) is 9.59 Å². The van der Waals surface area contributed by atoms with Gasteiger partial charge >= 0.3 is 0 Å². The number of carbonyl (C=O) groups excluding carboxylic acids is 2. The van der Waals surface area contributed by atoms with Crippen LogP contribution in [0.4, 0.5) is 0 Å². The molecule has 5 nitrogen and oxygen atoms in total. The van der Waals surface area contributed by atoms with Crippen LogP contribution in [0, 0.1) is 5.92 Å². The summed E-state index contributed by atoms with van der Waals surface area (Å²) in [4.78, 5) is 25.9. The van der Waals surface area contributed by atoms with Crippen LogP contribution >= 0.6 is 0 Å². The zero-order valence-electron chi connectivity index (χ0n) is 13.6. The van der Waals surface area contributed by atoms with Gasteiger partial charge in [-0.2, -0.15) is 0 Å². The number of hydrogen-bond acceptors (Lipinski definition) is 3. The maximum absolute atomic E-state index is 12.6. The lowest BCUT2D eigenvalue weighted by atomic mass is 9.93. The Labute approximate surface area is 137 Å². The fourth-order valence-corrected chi connectivity index (χ4v) is 4.01. The minimum atomic E-state index is -0.0637. The smallest absolute Gasteiger partial charge is 0.224 e. The van der Waals surface area contributed by atoms with Crippen LogP contribution in [0.15, 0.2) is 30.3 Å². The van der Waals surface area contributed by atoms with Crippen molar-refractivity contribution >= 4 is 11.8 Å². The summed E-state index contributed by atoms with van der Waals surface area (Å²) in [5.74, 6) is 0.122. The van der Waals surface area contributed by atoms with Crippen molar-refractivity contribution in [2.24, 2.45) is 5.92 Å². The van der Waals surface area contributed by atoms with Gasteiger partial charge in [0.2, 0.25) is 11.8 Å². The van der Waals surface area contributed by atoms with Gasteiger partial charge in [0.1, 0.15) is 0 Å². The van der Waals surface area contributed by atoms with Crippen molar-refractivity contribution < 1.29 is 9.59 Å².